The molecule has 0 aliphatic carbocycles. The number of nitrogens with one attached hydrogen (secondary N) is 1. The Bertz CT molecular complexity index is 307. The summed E-state index contributed by atoms with van der Waals surface area (Å²) in [6, 6.07) is -0.908. The summed E-state index contributed by atoms with van der Waals surface area (Å²) < 4.78 is 0. The first-order valence-electron chi connectivity index (χ1n) is 7.59. The zero-order valence-electron chi connectivity index (χ0n) is 13.2. The van der Waals surface area contributed by atoms with Gasteiger partial charge in [-0.3, -0.25) is 9.59 Å². The molecule has 0 aromatic heterocycles. The summed E-state index contributed by atoms with van der Waals surface area (Å²) in [6.07, 6.45) is 3.54. The van der Waals surface area contributed by atoms with E-state index >= 15 is 0 Å². The molecular formula is C15H30N2O3. The average Bonchev–Trinajstić information content (AvgIpc) is 2.36. The van der Waals surface area contributed by atoms with Crippen LogP contribution in [0.5, 0.6) is 0 Å². The molecule has 5 heteroatoms. The number of amides is 1. The Kier molecular flexibility index (Phi) is 9.21. The molecule has 0 aliphatic rings. The van der Waals surface area contributed by atoms with E-state index in [1.54, 1.807) is 0 Å². The van der Waals surface area contributed by atoms with E-state index in [0.29, 0.717) is 12.3 Å². The van der Waals surface area contributed by atoms with Gasteiger partial charge in [-0.25, -0.2) is 0 Å². The Labute approximate surface area is 122 Å². The summed E-state index contributed by atoms with van der Waals surface area (Å²) in [5.41, 5.74) is 5.88. The third kappa shape index (κ3) is 7.48. The van der Waals surface area contributed by atoms with Crippen LogP contribution in [0.1, 0.15) is 59.8 Å². The molecule has 0 aliphatic heterocycles. The molecule has 0 aromatic carbocycles. The van der Waals surface area contributed by atoms with Crippen LogP contribution < -0.4 is 11.1 Å². The van der Waals surface area contributed by atoms with Crippen molar-refractivity contribution in [3.8, 4) is 0 Å². The molecule has 0 bridgehead atoms. The van der Waals surface area contributed by atoms with Crippen LogP contribution in [-0.2, 0) is 9.59 Å². The second-order valence-electron chi connectivity index (χ2n) is 5.84. The number of hydrogen-bond donors (Lipinski definition) is 3. The number of rotatable bonds is 10. The van der Waals surface area contributed by atoms with Gasteiger partial charge in [0.1, 0.15) is 0 Å². The monoisotopic (exact) mass is 286 g/mol. The molecular weight excluding hydrogens is 256 g/mol. The average molecular weight is 286 g/mol. The highest BCUT2D eigenvalue weighted by atomic mass is 16.4. The van der Waals surface area contributed by atoms with Gasteiger partial charge in [-0.2, -0.15) is 0 Å². The lowest BCUT2D eigenvalue weighted by molar-refractivity contribution is -0.137. The van der Waals surface area contributed by atoms with Crippen molar-refractivity contribution in [3.05, 3.63) is 0 Å². The summed E-state index contributed by atoms with van der Waals surface area (Å²) in [4.78, 5) is 23.0. The van der Waals surface area contributed by atoms with Crippen molar-refractivity contribution in [1.29, 1.82) is 0 Å². The zero-order chi connectivity index (χ0) is 15.7. The highest BCUT2D eigenvalue weighted by Gasteiger charge is 2.24. The van der Waals surface area contributed by atoms with Crippen LogP contribution in [-0.4, -0.2) is 29.1 Å². The third-order valence-electron chi connectivity index (χ3n) is 3.80. The number of carboxylic acids is 1. The van der Waals surface area contributed by atoms with Gasteiger partial charge in [-0.15, -0.1) is 0 Å². The summed E-state index contributed by atoms with van der Waals surface area (Å²) in [7, 11) is 0. The van der Waals surface area contributed by atoms with E-state index < -0.39 is 12.0 Å². The number of nitrogens with two attached hydrogens (primary N) is 1. The maximum absolute atomic E-state index is 12.0. The summed E-state index contributed by atoms with van der Waals surface area (Å²) in [6.45, 7) is 8.09. The first-order chi connectivity index (χ1) is 9.31. The van der Waals surface area contributed by atoms with Gasteiger partial charge in [0.05, 0.1) is 12.5 Å². The maximum atomic E-state index is 12.0. The fourth-order valence-electron chi connectivity index (χ4n) is 2.31. The fourth-order valence-corrected chi connectivity index (χ4v) is 2.31. The molecule has 1 unspecified atom stereocenters. The number of carbonyl (C=O) groups excluding carboxylic acids is 1. The van der Waals surface area contributed by atoms with Crippen molar-refractivity contribution in [3.63, 3.8) is 0 Å². The smallest absolute Gasteiger partial charge is 0.305 e. The molecule has 0 heterocycles. The molecule has 118 valence electrons. The lowest BCUT2D eigenvalue weighted by atomic mass is 9.94. The van der Waals surface area contributed by atoms with Crippen LogP contribution in [0.15, 0.2) is 0 Å². The molecule has 0 saturated heterocycles. The first-order valence-corrected chi connectivity index (χ1v) is 7.59. The largest absolute Gasteiger partial charge is 0.481 e. The number of carbonyl (C=O) groups is 2. The Morgan fingerprint density at radius 2 is 1.85 bits per heavy atom. The second kappa shape index (κ2) is 9.75. The van der Waals surface area contributed by atoms with Gasteiger partial charge in [0.2, 0.25) is 5.91 Å². The molecule has 20 heavy (non-hydrogen) atoms. The Morgan fingerprint density at radius 3 is 2.30 bits per heavy atom. The Hall–Kier alpha value is -1.10. The van der Waals surface area contributed by atoms with Gasteiger partial charge < -0.3 is 16.2 Å². The van der Waals surface area contributed by atoms with Gasteiger partial charge in [0.25, 0.3) is 0 Å². The van der Waals surface area contributed by atoms with Crippen LogP contribution in [0.25, 0.3) is 0 Å². The van der Waals surface area contributed by atoms with Crippen molar-refractivity contribution in [2.24, 2.45) is 17.6 Å². The van der Waals surface area contributed by atoms with Gasteiger partial charge in [0.15, 0.2) is 0 Å². The molecule has 4 N–H and O–H groups in total. The Morgan fingerprint density at radius 1 is 1.25 bits per heavy atom. The summed E-state index contributed by atoms with van der Waals surface area (Å²) >= 11 is 0. The molecule has 0 saturated carbocycles. The standard InChI is InChI=1S/C15H30N2O3/c1-5-7-10(3)8-12(9-13(18)19)17-15(20)14(16)11(4)6-2/h10-12,14H,5-9,16H2,1-4H3,(H,17,20)(H,18,19)/t10-,11?,12+,14+/m1/s1. The van der Waals surface area contributed by atoms with Gasteiger partial charge in [-0.1, -0.05) is 47.0 Å². The topological polar surface area (TPSA) is 92.4 Å². The first kappa shape index (κ1) is 18.9. The molecule has 4 atom stereocenters. The van der Waals surface area contributed by atoms with E-state index in [1.165, 1.54) is 0 Å². The van der Waals surface area contributed by atoms with Gasteiger partial charge in [-0.05, 0) is 18.3 Å². The maximum Gasteiger partial charge on any atom is 0.305 e. The lowest BCUT2D eigenvalue weighted by Gasteiger charge is -2.24. The molecule has 0 fully saturated rings. The number of aliphatic carboxylic acids is 1. The van der Waals surface area contributed by atoms with Crippen LogP contribution in [0.3, 0.4) is 0 Å². The summed E-state index contributed by atoms with van der Waals surface area (Å²) in [5, 5.41) is 11.8. The van der Waals surface area contributed by atoms with E-state index in [4.69, 9.17) is 10.8 Å². The van der Waals surface area contributed by atoms with E-state index in [-0.39, 0.29) is 24.3 Å². The van der Waals surface area contributed by atoms with Crippen molar-refractivity contribution < 1.29 is 14.7 Å². The minimum absolute atomic E-state index is 0.0486. The van der Waals surface area contributed by atoms with Gasteiger partial charge >= 0.3 is 5.97 Å². The van der Waals surface area contributed by atoms with E-state index in [1.807, 2.05) is 13.8 Å². The quantitative estimate of drug-likeness (QED) is 0.573. The van der Waals surface area contributed by atoms with Crippen LogP contribution >= 0.6 is 0 Å². The van der Waals surface area contributed by atoms with E-state index in [9.17, 15) is 9.59 Å². The highest BCUT2D eigenvalue weighted by Crippen LogP contribution is 2.15. The highest BCUT2D eigenvalue weighted by molar-refractivity contribution is 5.82. The minimum Gasteiger partial charge on any atom is -0.481 e. The SMILES string of the molecule is CCC[C@@H](C)C[C@@H](CC(=O)O)NC(=O)[C@@H](N)C(C)CC. The van der Waals surface area contributed by atoms with E-state index in [2.05, 4.69) is 19.2 Å². The van der Waals surface area contributed by atoms with Gasteiger partial charge in [0, 0.05) is 6.04 Å². The molecule has 0 rings (SSSR count). The normalized spacial score (nSPS) is 17.1. The molecule has 1 amide bonds. The summed E-state index contributed by atoms with van der Waals surface area (Å²) in [5.74, 6) is -0.650. The lowest BCUT2D eigenvalue weighted by Crippen LogP contribution is -2.49. The number of hydrogen-bond acceptors (Lipinski definition) is 3. The predicted octanol–water partition coefficient (Wildman–Crippen LogP) is 2.15. The van der Waals surface area contributed by atoms with Crippen molar-refractivity contribution in [1.82, 2.24) is 5.32 Å². The van der Waals surface area contributed by atoms with Crippen LogP contribution in [0.2, 0.25) is 0 Å². The van der Waals surface area contributed by atoms with Crippen LogP contribution in [0.4, 0.5) is 0 Å². The van der Waals surface area contributed by atoms with Crippen molar-refractivity contribution in [2.75, 3.05) is 0 Å². The Balaban J connectivity index is 4.55. The molecule has 0 spiro atoms. The van der Waals surface area contributed by atoms with Crippen molar-refractivity contribution >= 4 is 11.9 Å². The molecule has 0 aromatic rings. The van der Waals surface area contributed by atoms with E-state index in [0.717, 1.165) is 19.3 Å². The van der Waals surface area contributed by atoms with Crippen LogP contribution in [0, 0.1) is 11.8 Å². The zero-order valence-corrected chi connectivity index (χ0v) is 13.2. The fraction of sp³-hybridized carbons (Fsp3) is 0.867. The second-order valence-corrected chi connectivity index (χ2v) is 5.84. The number of carboxylic acid groups (broad SMARTS) is 1. The predicted molar refractivity (Wildman–Crippen MR) is 80.3 cm³/mol. The third-order valence-corrected chi connectivity index (χ3v) is 3.80. The molecule has 0 radical (unpaired) electrons. The molecule has 5 nitrogen and oxygen atoms in total. The minimum atomic E-state index is -0.892. The van der Waals surface area contributed by atoms with Crippen molar-refractivity contribution in [2.45, 2.75) is 71.9 Å².